The van der Waals surface area contributed by atoms with Gasteiger partial charge in [-0.1, -0.05) is 30.3 Å². The number of hydrogen-bond acceptors (Lipinski definition) is 3. The Morgan fingerprint density at radius 2 is 1.78 bits per heavy atom. The van der Waals surface area contributed by atoms with Gasteiger partial charge in [-0.15, -0.1) is 0 Å². The van der Waals surface area contributed by atoms with E-state index < -0.39 is 5.97 Å². The maximum Gasteiger partial charge on any atom is 0.307 e. The molecule has 120 valence electrons. The SMILES string of the molecule is COc1ccc(-c2ccc(C3(CO)CC3)cc2)cc1CC(=O)O. The maximum atomic E-state index is 11.0. The van der Waals surface area contributed by atoms with Crippen molar-refractivity contribution >= 4 is 5.97 Å². The Labute approximate surface area is 135 Å². The summed E-state index contributed by atoms with van der Waals surface area (Å²) in [6.45, 7) is 0.192. The van der Waals surface area contributed by atoms with E-state index in [-0.39, 0.29) is 18.4 Å². The number of aliphatic hydroxyl groups excluding tert-OH is 1. The summed E-state index contributed by atoms with van der Waals surface area (Å²) in [5, 5.41) is 18.5. The first-order valence-corrected chi connectivity index (χ1v) is 7.68. The fraction of sp³-hybridized carbons (Fsp3) is 0.316. The first-order valence-electron chi connectivity index (χ1n) is 7.68. The van der Waals surface area contributed by atoms with Gasteiger partial charge >= 0.3 is 5.97 Å². The van der Waals surface area contributed by atoms with Crippen LogP contribution in [0.25, 0.3) is 11.1 Å². The lowest BCUT2D eigenvalue weighted by atomic mass is 9.94. The van der Waals surface area contributed by atoms with Gasteiger partial charge in [0.25, 0.3) is 0 Å². The molecule has 1 fully saturated rings. The molecule has 1 aliphatic carbocycles. The van der Waals surface area contributed by atoms with Crippen LogP contribution in [0.2, 0.25) is 0 Å². The summed E-state index contributed by atoms with van der Waals surface area (Å²) in [5.41, 5.74) is 3.78. The smallest absolute Gasteiger partial charge is 0.307 e. The number of ether oxygens (including phenoxy) is 1. The predicted octanol–water partition coefficient (Wildman–Crippen LogP) is 3.01. The zero-order chi connectivity index (χ0) is 16.4. The minimum absolute atomic E-state index is 0.0348. The molecule has 0 saturated heterocycles. The Kier molecular flexibility index (Phi) is 4.09. The number of carbonyl (C=O) groups is 1. The number of methoxy groups -OCH3 is 1. The van der Waals surface area contributed by atoms with E-state index >= 15 is 0 Å². The Morgan fingerprint density at radius 3 is 2.30 bits per heavy atom. The molecule has 0 bridgehead atoms. The van der Waals surface area contributed by atoms with Gasteiger partial charge in [0, 0.05) is 11.0 Å². The number of benzene rings is 2. The molecule has 1 aliphatic rings. The second-order valence-electron chi connectivity index (χ2n) is 6.11. The molecule has 2 aromatic rings. The van der Waals surface area contributed by atoms with Crippen molar-refractivity contribution in [2.45, 2.75) is 24.7 Å². The van der Waals surface area contributed by atoms with Crippen LogP contribution in [0.1, 0.15) is 24.0 Å². The highest BCUT2D eigenvalue weighted by molar-refractivity contribution is 5.74. The zero-order valence-corrected chi connectivity index (χ0v) is 13.1. The number of aliphatic carboxylic acids is 1. The molecule has 23 heavy (non-hydrogen) atoms. The monoisotopic (exact) mass is 312 g/mol. The molecule has 4 nitrogen and oxygen atoms in total. The van der Waals surface area contributed by atoms with Crippen LogP contribution in [0.3, 0.4) is 0 Å². The van der Waals surface area contributed by atoms with Crippen LogP contribution in [0.15, 0.2) is 42.5 Å². The van der Waals surface area contributed by atoms with E-state index in [0.717, 1.165) is 24.0 Å². The van der Waals surface area contributed by atoms with Gasteiger partial charge in [-0.3, -0.25) is 4.79 Å². The molecule has 0 aliphatic heterocycles. The topological polar surface area (TPSA) is 66.8 Å². The third-order valence-electron chi connectivity index (χ3n) is 4.61. The van der Waals surface area contributed by atoms with Crippen LogP contribution in [0.4, 0.5) is 0 Å². The van der Waals surface area contributed by atoms with Crippen molar-refractivity contribution in [3.8, 4) is 16.9 Å². The number of rotatable bonds is 6. The van der Waals surface area contributed by atoms with Gasteiger partial charge in [-0.05, 0) is 41.7 Å². The molecule has 1 saturated carbocycles. The molecule has 0 radical (unpaired) electrons. The highest BCUT2D eigenvalue weighted by Crippen LogP contribution is 2.47. The van der Waals surface area contributed by atoms with Crippen LogP contribution in [-0.4, -0.2) is 29.9 Å². The molecule has 0 unspecified atom stereocenters. The lowest BCUT2D eigenvalue weighted by Gasteiger charge is -2.13. The molecule has 0 atom stereocenters. The third-order valence-corrected chi connectivity index (χ3v) is 4.61. The minimum Gasteiger partial charge on any atom is -0.496 e. The molecule has 2 N–H and O–H groups in total. The van der Waals surface area contributed by atoms with Crippen LogP contribution in [0, 0.1) is 0 Å². The van der Waals surface area contributed by atoms with Crippen LogP contribution in [-0.2, 0) is 16.6 Å². The summed E-state index contributed by atoms with van der Waals surface area (Å²) in [5.74, 6) is -0.292. The van der Waals surface area contributed by atoms with Gasteiger partial charge in [0.1, 0.15) is 5.75 Å². The molecular formula is C19H20O4. The van der Waals surface area contributed by atoms with Crippen molar-refractivity contribution in [2.75, 3.05) is 13.7 Å². The fourth-order valence-corrected chi connectivity index (χ4v) is 2.96. The standard InChI is InChI=1S/C19H20O4/c1-23-17-7-4-14(10-15(17)11-18(21)22)13-2-5-16(6-3-13)19(12-20)8-9-19/h2-7,10,20H,8-9,11-12H2,1H3,(H,21,22). The van der Waals surface area contributed by atoms with Gasteiger partial charge in [0.05, 0.1) is 20.1 Å². The number of carboxylic acid groups (broad SMARTS) is 1. The van der Waals surface area contributed by atoms with E-state index in [1.807, 2.05) is 24.3 Å². The quantitative estimate of drug-likeness (QED) is 0.860. The second kappa shape index (κ2) is 6.05. The third kappa shape index (κ3) is 3.08. The highest BCUT2D eigenvalue weighted by Gasteiger charge is 2.43. The fourth-order valence-electron chi connectivity index (χ4n) is 2.96. The van der Waals surface area contributed by atoms with Gasteiger partial charge in [-0.25, -0.2) is 0 Å². The lowest BCUT2D eigenvalue weighted by molar-refractivity contribution is -0.136. The summed E-state index contributed by atoms with van der Waals surface area (Å²) < 4.78 is 5.23. The van der Waals surface area contributed by atoms with Gasteiger partial charge in [0.15, 0.2) is 0 Å². The number of hydrogen-bond donors (Lipinski definition) is 2. The molecule has 4 heteroatoms. The Morgan fingerprint density at radius 1 is 1.13 bits per heavy atom. The van der Waals surface area contributed by atoms with Crippen molar-refractivity contribution in [3.63, 3.8) is 0 Å². The predicted molar refractivity (Wildman–Crippen MR) is 87.8 cm³/mol. The maximum absolute atomic E-state index is 11.0. The van der Waals surface area contributed by atoms with Gasteiger partial charge in [0.2, 0.25) is 0 Å². The first kappa shape index (κ1) is 15.6. The second-order valence-corrected chi connectivity index (χ2v) is 6.11. The van der Waals surface area contributed by atoms with Crippen LogP contribution in [0.5, 0.6) is 5.75 Å². The van der Waals surface area contributed by atoms with Crippen molar-refractivity contribution in [1.82, 2.24) is 0 Å². The van der Waals surface area contributed by atoms with E-state index in [0.29, 0.717) is 11.3 Å². The van der Waals surface area contributed by atoms with Crippen LogP contribution < -0.4 is 4.74 Å². The molecule has 0 heterocycles. The molecule has 0 aromatic heterocycles. The van der Waals surface area contributed by atoms with Crippen LogP contribution >= 0.6 is 0 Å². The molecule has 2 aromatic carbocycles. The normalized spacial score (nSPS) is 15.2. The lowest BCUT2D eigenvalue weighted by Crippen LogP contribution is -2.11. The molecule has 3 rings (SSSR count). The van der Waals surface area contributed by atoms with E-state index in [1.54, 1.807) is 13.2 Å². The summed E-state index contributed by atoms with van der Waals surface area (Å²) in [6.07, 6.45) is 2.00. The average Bonchev–Trinajstić information content (AvgIpc) is 3.36. The highest BCUT2D eigenvalue weighted by atomic mass is 16.5. The van der Waals surface area contributed by atoms with Crippen molar-refractivity contribution in [3.05, 3.63) is 53.6 Å². The Bertz CT molecular complexity index is 715. The Hall–Kier alpha value is -2.33. The van der Waals surface area contributed by atoms with Crippen molar-refractivity contribution in [1.29, 1.82) is 0 Å². The summed E-state index contributed by atoms with van der Waals surface area (Å²) in [4.78, 5) is 11.0. The van der Waals surface area contributed by atoms with E-state index in [4.69, 9.17) is 9.84 Å². The van der Waals surface area contributed by atoms with Gasteiger partial charge < -0.3 is 14.9 Å². The number of aliphatic hydroxyl groups is 1. The minimum atomic E-state index is -0.880. The zero-order valence-electron chi connectivity index (χ0n) is 13.1. The molecule has 0 amide bonds. The van der Waals surface area contributed by atoms with Crippen molar-refractivity contribution < 1.29 is 19.7 Å². The molecule has 0 spiro atoms. The summed E-state index contributed by atoms with van der Waals surface area (Å²) in [6, 6.07) is 13.8. The van der Waals surface area contributed by atoms with E-state index in [9.17, 15) is 9.90 Å². The Balaban J connectivity index is 1.90. The first-order chi connectivity index (χ1) is 11.1. The van der Waals surface area contributed by atoms with E-state index in [2.05, 4.69) is 12.1 Å². The summed E-state index contributed by atoms with van der Waals surface area (Å²) >= 11 is 0. The van der Waals surface area contributed by atoms with Gasteiger partial charge in [-0.2, -0.15) is 0 Å². The number of carboxylic acids is 1. The van der Waals surface area contributed by atoms with E-state index in [1.165, 1.54) is 5.56 Å². The average molecular weight is 312 g/mol. The summed E-state index contributed by atoms with van der Waals surface area (Å²) in [7, 11) is 1.54. The largest absolute Gasteiger partial charge is 0.496 e. The molecular weight excluding hydrogens is 292 g/mol. The van der Waals surface area contributed by atoms with Crippen molar-refractivity contribution in [2.24, 2.45) is 0 Å².